The Hall–Kier alpha value is -1.65. The summed E-state index contributed by atoms with van der Waals surface area (Å²) in [6, 6.07) is 6.00. The number of hydrogen-bond acceptors (Lipinski definition) is 1. The molecule has 1 heterocycles. The van der Waals surface area contributed by atoms with Crippen LogP contribution in [0.5, 0.6) is 5.75 Å². The third-order valence-electron chi connectivity index (χ3n) is 1.78. The molecule has 1 aromatic heterocycles. The van der Waals surface area contributed by atoms with Gasteiger partial charge in [0.1, 0.15) is 5.75 Å². The van der Waals surface area contributed by atoms with Crippen molar-refractivity contribution in [1.82, 2.24) is 4.98 Å². The van der Waals surface area contributed by atoms with Gasteiger partial charge < -0.3 is 9.72 Å². The SMILES string of the molecule is FC(F)(F)Oc1cccc2[nH]ccc12. The van der Waals surface area contributed by atoms with Crippen molar-refractivity contribution in [2.75, 3.05) is 0 Å². The largest absolute Gasteiger partial charge is 0.573 e. The first-order chi connectivity index (χ1) is 6.56. The lowest BCUT2D eigenvalue weighted by atomic mass is 10.2. The zero-order valence-electron chi connectivity index (χ0n) is 6.93. The monoisotopic (exact) mass is 201 g/mol. The van der Waals surface area contributed by atoms with Gasteiger partial charge in [-0.05, 0) is 18.2 Å². The lowest BCUT2D eigenvalue weighted by Gasteiger charge is -2.09. The van der Waals surface area contributed by atoms with Gasteiger partial charge in [-0.15, -0.1) is 13.2 Å². The molecule has 2 rings (SSSR count). The second-order valence-electron chi connectivity index (χ2n) is 2.74. The molecule has 0 saturated heterocycles. The van der Waals surface area contributed by atoms with Gasteiger partial charge >= 0.3 is 6.36 Å². The van der Waals surface area contributed by atoms with Gasteiger partial charge in [-0.1, -0.05) is 6.07 Å². The first-order valence-electron chi connectivity index (χ1n) is 3.88. The number of rotatable bonds is 1. The van der Waals surface area contributed by atoms with Crippen molar-refractivity contribution in [3.05, 3.63) is 30.5 Å². The molecule has 0 aliphatic heterocycles. The molecular formula is C9H6F3NO. The van der Waals surface area contributed by atoms with Crippen LogP contribution >= 0.6 is 0 Å². The van der Waals surface area contributed by atoms with E-state index in [2.05, 4.69) is 9.72 Å². The minimum Gasteiger partial charge on any atom is -0.405 e. The fourth-order valence-corrected chi connectivity index (χ4v) is 1.27. The summed E-state index contributed by atoms with van der Waals surface area (Å²) in [6.07, 6.45) is -3.08. The highest BCUT2D eigenvalue weighted by atomic mass is 19.4. The number of halogens is 3. The highest BCUT2D eigenvalue weighted by Gasteiger charge is 2.31. The third-order valence-corrected chi connectivity index (χ3v) is 1.78. The Balaban J connectivity index is 2.46. The van der Waals surface area contributed by atoms with Crippen molar-refractivity contribution < 1.29 is 17.9 Å². The van der Waals surface area contributed by atoms with Crippen LogP contribution in [-0.2, 0) is 0 Å². The molecular weight excluding hydrogens is 195 g/mol. The van der Waals surface area contributed by atoms with E-state index in [0.29, 0.717) is 10.9 Å². The number of fused-ring (bicyclic) bond motifs is 1. The minimum atomic E-state index is -4.65. The minimum absolute atomic E-state index is 0.184. The predicted molar refractivity (Wildman–Crippen MR) is 45.0 cm³/mol. The summed E-state index contributed by atoms with van der Waals surface area (Å²) in [4.78, 5) is 2.80. The van der Waals surface area contributed by atoms with Crippen LogP contribution in [0.25, 0.3) is 10.9 Å². The number of ether oxygens (including phenoxy) is 1. The molecule has 14 heavy (non-hydrogen) atoms. The van der Waals surface area contributed by atoms with E-state index in [1.807, 2.05) is 0 Å². The fraction of sp³-hybridized carbons (Fsp3) is 0.111. The van der Waals surface area contributed by atoms with Gasteiger partial charge in [-0.3, -0.25) is 0 Å². The zero-order chi connectivity index (χ0) is 10.2. The van der Waals surface area contributed by atoms with Crippen molar-refractivity contribution >= 4 is 10.9 Å². The molecule has 0 unspecified atom stereocenters. The summed E-state index contributed by atoms with van der Waals surface area (Å²) in [6.45, 7) is 0. The molecule has 2 nitrogen and oxygen atoms in total. The lowest BCUT2D eigenvalue weighted by Crippen LogP contribution is -2.17. The van der Waals surface area contributed by atoms with Gasteiger partial charge in [0.15, 0.2) is 0 Å². The normalized spacial score (nSPS) is 11.9. The Labute approximate surface area is 77.3 Å². The third kappa shape index (κ3) is 1.66. The molecule has 0 fully saturated rings. The number of alkyl halides is 3. The molecule has 1 N–H and O–H groups in total. The molecule has 0 aliphatic carbocycles. The van der Waals surface area contributed by atoms with Crippen LogP contribution in [0.1, 0.15) is 0 Å². The average molecular weight is 201 g/mol. The van der Waals surface area contributed by atoms with Gasteiger partial charge in [0.2, 0.25) is 0 Å². The molecule has 0 aliphatic rings. The van der Waals surface area contributed by atoms with Crippen molar-refractivity contribution in [1.29, 1.82) is 0 Å². The van der Waals surface area contributed by atoms with E-state index in [9.17, 15) is 13.2 Å². The Morgan fingerprint density at radius 3 is 2.64 bits per heavy atom. The van der Waals surface area contributed by atoms with Crippen LogP contribution < -0.4 is 4.74 Å². The molecule has 0 spiro atoms. The van der Waals surface area contributed by atoms with Crippen LogP contribution in [0.3, 0.4) is 0 Å². The molecule has 0 radical (unpaired) electrons. The summed E-state index contributed by atoms with van der Waals surface area (Å²) in [5.41, 5.74) is 0.617. The number of nitrogens with one attached hydrogen (secondary N) is 1. The summed E-state index contributed by atoms with van der Waals surface area (Å²) in [5.74, 6) is -0.184. The number of benzene rings is 1. The Kier molecular flexibility index (Phi) is 1.87. The second kappa shape index (κ2) is 2.94. The molecule has 2 aromatic rings. The maximum atomic E-state index is 11.9. The maximum absolute atomic E-state index is 11.9. The second-order valence-corrected chi connectivity index (χ2v) is 2.74. The van der Waals surface area contributed by atoms with Crippen molar-refractivity contribution in [3.63, 3.8) is 0 Å². The highest BCUT2D eigenvalue weighted by Crippen LogP contribution is 2.29. The Bertz CT molecular complexity index is 446. The number of hydrogen-bond donors (Lipinski definition) is 1. The van der Waals surface area contributed by atoms with E-state index in [-0.39, 0.29) is 5.75 Å². The van der Waals surface area contributed by atoms with Crippen molar-refractivity contribution in [3.8, 4) is 5.75 Å². The van der Waals surface area contributed by atoms with Gasteiger partial charge in [-0.25, -0.2) is 0 Å². The predicted octanol–water partition coefficient (Wildman–Crippen LogP) is 3.07. The summed E-state index contributed by atoms with van der Waals surface area (Å²) in [5, 5.41) is 0.421. The molecule has 1 aromatic carbocycles. The molecule has 74 valence electrons. The Morgan fingerprint density at radius 2 is 1.93 bits per heavy atom. The molecule has 0 saturated carbocycles. The number of aromatic nitrogens is 1. The van der Waals surface area contributed by atoms with Gasteiger partial charge in [-0.2, -0.15) is 0 Å². The van der Waals surface area contributed by atoms with Crippen LogP contribution in [0.4, 0.5) is 13.2 Å². The van der Waals surface area contributed by atoms with Crippen molar-refractivity contribution in [2.45, 2.75) is 6.36 Å². The molecule has 0 bridgehead atoms. The average Bonchev–Trinajstić information content (AvgIpc) is 2.49. The fourth-order valence-electron chi connectivity index (χ4n) is 1.27. The first-order valence-corrected chi connectivity index (χ1v) is 3.88. The lowest BCUT2D eigenvalue weighted by molar-refractivity contribution is -0.274. The van der Waals surface area contributed by atoms with Crippen molar-refractivity contribution in [2.24, 2.45) is 0 Å². The van der Waals surface area contributed by atoms with E-state index in [1.165, 1.54) is 18.2 Å². The van der Waals surface area contributed by atoms with Gasteiger partial charge in [0, 0.05) is 17.1 Å². The molecule has 5 heteroatoms. The van der Waals surface area contributed by atoms with E-state index in [1.54, 1.807) is 12.3 Å². The quantitative estimate of drug-likeness (QED) is 0.753. The van der Waals surface area contributed by atoms with Gasteiger partial charge in [0.25, 0.3) is 0 Å². The van der Waals surface area contributed by atoms with E-state index < -0.39 is 6.36 Å². The number of aromatic amines is 1. The first kappa shape index (κ1) is 8.93. The summed E-state index contributed by atoms with van der Waals surface area (Å²) >= 11 is 0. The molecule has 0 atom stereocenters. The maximum Gasteiger partial charge on any atom is 0.573 e. The van der Waals surface area contributed by atoms with Crippen LogP contribution in [0.15, 0.2) is 30.5 Å². The smallest absolute Gasteiger partial charge is 0.405 e. The van der Waals surface area contributed by atoms with Crippen LogP contribution in [0.2, 0.25) is 0 Å². The van der Waals surface area contributed by atoms with E-state index in [4.69, 9.17) is 0 Å². The highest BCUT2D eigenvalue weighted by molar-refractivity contribution is 5.85. The zero-order valence-corrected chi connectivity index (χ0v) is 6.93. The molecule has 0 amide bonds. The Morgan fingerprint density at radius 1 is 1.14 bits per heavy atom. The van der Waals surface area contributed by atoms with E-state index >= 15 is 0 Å². The number of H-pyrrole nitrogens is 1. The van der Waals surface area contributed by atoms with Gasteiger partial charge in [0.05, 0.1) is 0 Å². The summed E-state index contributed by atoms with van der Waals surface area (Å²) < 4.78 is 39.7. The standard InChI is InChI=1S/C9H6F3NO/c10-9(11,12)14-8-3-1-2-7-6(8)4-5-13-7/h1-5,13H. The van der Waals surface area contributed by atoms with E-state index in [0.717, 1.165) is 0 Å². The van der Waals surface area contributed by atoms with Crippen LogP contribution in [-0.4, -0.2) is 11.3 Å². The van der Waals surface area contributed by atoms with Crippen LogP contribution in [0, 0.1) is 0 Å². The summed E-state index contributed by atoms with van der Waals surface area (Å²) in [7, 11) is 0. The topological polar surface area (TPSA) is 25.0 Å².